The minimum atomic E-state index is -1.23. The molecule has 0 aromatic heterocycles. The molecule has 0 amide bonds. The van der Waals surface area contributed by atoms with Gasteiger partial charge in [0.1, 0.15) is 5.82 Å². The summed E-state index contributed by atoms with van der Waals surface area (Å²) in [5, 5.41) is 9.95. The van der Waals surface area contributed by atoms with Crippen LogP contribution in [0, 0.1) is 5.82 Å². The van der Waals surface area contributed by atoms with Crippen molar-refractivity contribution in [2.45, 2.75) is 0 Å². The first kappa shape index (κ1) is 15.8. The first-order chi connectivity index (χ1) is 9.90. The van der Waals surface area contributed by atoms with Gasteiger partial charge in [-0.05, 0) is 35.9 Å². The Bertz CT molecular complexity index is 721. The second kappa shape index (κ2) is 6.48. The quantitative estimate of drug-likeness (QED) is 0.596. The van der Waals surface area contributed by atoms with E-state index in [-0.39, 0.29) is 21.2 Å². The zero-order valence-corrected chi connectivity index (χ0v) is 12.7. The number of aliphatic carboxylic acids is 1. The van der Waals surface area contributed by atoms with Crippen molar-refractivity contribution >= 4 is 52.4 Å². The van der Waals surface area contributed by atoms with Gasteiger partial charge in [0.05, 0.1) is 20.6 Å². The van der Waals surface area contributed by atoms with Crippen LogP contribution < -0.4 is 0 Å². The van der Waals surface area contributed by atoms with Crippen molar-refractivity contribution in [3.05, 3.63) is 68.4 Å². The summed E-state index contributed by atoms with van der Waals surface area (Å²) in [6.45, 7) is 0. The van der Waals surface area contributed by atoms with E-state index in [0.717, 1.165) is 0 Å². The molecule has 0 heterocycles. The molecule has 0 radical (unpaired) electrons. The highest BCUT2D eigenvalue weighted by Gasteiger charge is 2.14. The van der Waals surface area contributed by atoms with Crippen molar-refractivity contribution in [1.29, 1.82) is 0 Å². The molecule has 0 atom stereocenters. The van der Waals surface area contributed by atoms with Gasteiger partial charge in [0.25, 0.3) is 0 Å². The van der Waals surface area contributed by atoms with Crippen molar-refractivity contribution < 1.29 is 14.3 Å². The van der Waals surface area contributed by atoms with E-state index in [9.17, 15) is 14.3 Å². The van der Waals surface area contributed by atoms with Crippen LogP contribution in [0.2, 0.25) is 15.1 Å². The van der Waals surface area contributed by atoms with Crippen LogP contribution in [0.15, 0.2) is 36.4 Å². The summed E-state index contributed by atoms with van der Waals surface area (Å²) in [7, 11) is 0. The molecule has 0 saturated heterocycles. The third-order valence-electron chi connectivity index (χ3n) is 2.75. The fourth-order valence-electron chi connectivity index (χ4n) is 1.73. The van der Waals surface area contributed by atoms with E-state index in [1.54, 1.807) is 0 Å². The molecule has 21 heavy (non-hydrogen) atoms. The Morgan fingerprint density at radius 1 is 1.05 bits per heavy atom. The average Bonchev–Trinajstić information content (AvgIpc) is 2.41. The van der Waals surface area contributed by atoms with Crippen LogP contribution in [0.4, 0.5) is 4.39 Å². The van der Waals surface area contributed by atoms with Crippen LogP contribution in [-0.4, -0.2) is 11.1 Å². The summed E-state index contributed by atoms with van der Waals surface area (Å²) >= 11 is 17.6. The molecule has 0 aliphatic rings. The van der Waals surface area contributed by atoms with Crippen molar-refractivity contribution in [1.82, 2.24) is 0 Å². The topological polar surface area (TPSA) is 37.3 Å². The van der Waals surface area contributed by atoms with E-state index in [1.807, 2.05) is 0 Å². The summed E-state index contributed by atoms with van der Waals surface area (Å²) in [6.07, 6.45) is 1.17. The molecule has 0 unspecified atom stereocenters. The van der Waals surface area contributed by atoms with Crippen molar-refractivity contribution in [2.75, 3.05) is 0 Å². The first-order valence-corrected chi connectivity index (χ1v) is 6.88. The van der Waals surface area contributed by atoms with E-state index >= 15 is 0 Å². The normalized spacial score (nSPS) is 11.5. The number of carbonyl (C=O) groups is 1. The Morgan fingerprint density at radius 3 is 2.33 bits per heavy atom. The Labute approximate surface area is 135 Å². The van der Waals surface area contributed by atoms with Gasteiger partial charge in [-0.25, -0.2) is 9.18 Å². The van der Waals surface area contributed by atoms with Crippen LogP contribution in [0.1, 0.15) is 11.1 Å². The molecule has 0 bridgehead atoms. The lowest BCUT2D eigenvalue weighted by molar-refractivity contribution is -0.130. The van der Waals surface area contributed by atoms with E-state index in [0.29, 0.717) is 10.6 Å². The van der Waals surface area contributed by atoms with Crippen LogP contribution >= 0.6 is 34.8 Å². The minimum absolute atomic E-state index is 0.00244. The number of halogens is 4. The fraction of sp³-hybridized carbons (Fsp3) is 0. The largest absolute Gasteiger partial charge is 0.478 e. The van der Waals surface area contributed by atoms with Gasteiger partial charge in [-0.1, -0.05) is 46.9 Å². The average molecular weight is 346 g/mol. The lowest BCUT2D eigenvalue weighted by Gasteiger charge is -2.06. The molecule has 108 valence electrons. The molecule has 0 saturated carbocycles. The maximum absolute atomic E-state index is 13.8. The Morgan fingerprint density at radius 2 is 1.76 bits per heavy atom. The molecule has 2 rings (SSSR count). The molecule has 0 aliphatic carbocycles. The van der Waals surface area contributed by atoms with E-state index in [4.69, 9.17) is 34.8 Å². The summed E-state index contributed by atoms with van der Waals surface area (Å²) in [5.74, 6) is -1.84. The van der Waals surface area contributed by atoms with Gasteiger partial charge in [0.2, 0.25) is 0 Å². The minimum Gasteiger partial charge on any atom is -0.478 e. The molecule has 2 nitrogen and oxygen atoms in total. The predicted molar refractivity (Wildman–Crippen MR) is 83.4 cm³/mol. The van der Waals surface area contributed by atoms with Crippen molar-refractivity contribution in [2.24, 2.45) is 0 Å². The van der Waals surface area contributed by atoms with Crippen molar-refractivity contribution in [3.63, 3.8) is 0 Å². The summed E-state index contributed by atoms with van der Waals surface area (Å²) in [6, 6.07) is 8.48. The van der Waals surface area contributed by atoms with Gasteiger partial charge >= 0.3 is 5.97 Å². The van der Waals surface area contributed by atoms with Crippen LogP contribution in [0.3, 0.4) is 0 Å². The maximum Gasteiger partial charge on any atom is 0.336 e. The number of carboxylic acid groups (broad SMARTS) is 1. The van der Waals surface area contributed by atoms with Crippen LogP contribution in [0.25, 0.3) is 11.6 Å². The fourth-order valence-corrected chi connectivity index (χ4v) is 2.24. The highest BCUT2D eigenvalue weighted by atomic mass is 35.5. The molecule has 2 aromatic rings. The predicted octanol–water partition coefficient (Wildman–Crippen LogP) is 5.41. The van der Waals surface area contributed by atoms with Gasteiger partial charge < -0.3 is 5.11 Å². The lowest BCUT2D eigenvalue weighted by Crippen LogP contribution is -2.00. The number of benzene rings is 2. The standard InChI is InChI=1S/C15H8Cl3FO2/c16-11-2-1-3-14(19)10(11)7-9(15(20)21)8-4-5-12(17)13(18)6-8/h1-7H,(H,20,21)/b9-7-. The molecule has 0 aliphatic heterocycles. The van der Waals surface area contributed by atoms with Crippen LogP contribution in [-0.2, 0) is 4.79 Å². The number of carboxylic acids is 1. The second-order valence-electron chi connectivity index (χ2n) is 4.13. The van der Waals surface area contributed by atoms with Crippen molar-refractivity contribution in [3.8, 4) is 0 Å². The van der Waals surface area contributed by atoms with Gasteiger partial charge in [0.15, 0.2) is 0 Å². The summed E-state index contributed by atoms with van der Waals surface area (Å²) < 4.78 is 13.8. The smallest absolute Gasteiger partial charge is 0.336 e. The summed E-state index contributed by atoms with van der Waals surface area (Å²) in [4.78, 5) is 11.4. The van der Waals surface area contributed by atoms with E-state index in [1.165, 1.54) is 42.5 Å². The number of hydrogen-bond donors (Lipinski definition) is 1. The molecule has 0 fully saturated rings. The second-order valence-corrected chi connectivity index (χ2v) is 5.35. The van der Waals surface area contributed by atoms with Gasteiger partial charge in [-0.3, -0.25) is 0 Å². The highest BCUT2D eigenvalue weighted by Crippen LogP contribution is 2.29. The molecule has 0 spiro atoms. The maximum atomic E-state index is 13.8. The molecule has 6 heteroatoms. The SMILES string of the molecule is O=C(O)/C(=C\c1c(F)cccc1Cl)c1ccc(Cl)c(Cl)c1. The Hall–Kier alpha value is -1.55. The zero-order chi connectivity index (χ0) is 15.6. The molecular formula is C15H8Cl3FO2. The number of hydrogen-bond acceptors (Lipinski definition) is 1. The van der Waals surface area contributed by atoms with Gasteiger partial charge in [-0.2, -0.15) is 0 Å². The number of rotatable bonds is 3. The van der Waals surface area contributed by atoms with Gasteiger partial charge in [-0.15, -0.1) is 0 Å². The Balaban J connectivity index is 2.61. The summed E-state index contributed by atoms with van der Waals surface area (Å²) in [5.41, 5.74) is 0.166. The highest BCUT2D eigenvalue weighted by molar-refractivity contribution is 6.42. The molecule has 2 aromatic carbocycles. The monoisotopic (exact) mass is 344 g/mol. The zero-order valence-electron chi connectivity index (χ0n) is 10.4. The third kappa shape index (κ3) is 3.56. The molecular weight excluding hydrogens is 338 g/mol. The first-order valence-electron chi connectivity index (χ1n) is 5.74. The van der Waals surface area contributed by atoms with E-state index < -0.39 is 11.8 Å². The lowest BCUT2D eigenvalue weighted by atomic mass is 10.0. The van der Waals surface area contributed by atoms with Crippen LogP contribution in [0.5, 0.6) is 0 Å². The third-order valence-corrected chi connectivity index (χ3v) is 3.82. The van der Waals surface area contributed by atoms with Gasteiger partial charge in [0, 0.05) is 5.56 Å². The Kier molecular flexibility index (Phi) is 4.88. The van der Waals surface area contributed by atoms with E-state index in [2.05, 4.69) is 0 Å². The molecule has 1 N–H and O–H groups in total.